The summed E-state index contributed by atoms with van der Waals surface area (Å²) in [6.45, 7) is 1.58. The van der Waals surface area contributed by atoms with Crippen molar-refractivity contribution in [3.63, 3.8) is 0 Å². The summed E-state index contributed by atoms with van der Waals surface area (Å²) in [7, 11) is 1.58. The smallest absolute Gasteiger partial charge is 0.133 e. The molecule has 3 unspecified atom stereocenters. The second kappa shape index (κ2) is 4.70. The first-order valence-corrected chi connectivity index (χ1v) is 4.80. The van der Waals surface area contributed by atoms with Gasteiger partial charge in [0.25, 0.3) is 0 Å². The summed E-state index contributed by atoms with van der Waals surface area (Å²) in [5.41, 5.74) is 0. The highest BCUT2D eigenvalue weighted by Gasteiger charge is 2.27. The van der Waals surface area contributed by atoms with E-state index in [4.69, 9.17) is 4.74 Å². The van der Waals surface area contributed by atoms with Gasteiger partial charge in [-0.2, -0.15) is 0 Å². The first kappa shape index (κ1) is 10.6. The van der Waals surface area contributed by atoms with Crippen molar-refractivity contribution in [3.8, 4) is 0 Å². The van der Waals surface area contributed by atoms with Crippen LogP contribution in [0.5, 0.6) is 0 Å². The summed E-state index contributed by atoms with van der Waals surface area (Å²) in [4.78, 5) is 11.1. The minimum absolute atomic E-state index is 0.00528. The van der Waals surface area contributed by atoms with Gasteiger partial charge in [0.15, 0.2) is 0 Å². The Bertz CT molecular complexity index is 182. The number of Topliss-reactive ketones (excluding diaryl/α,β-unsaturated/α-hetero) is 1. The third-order valence-corrected chi connectivity index (χ3v) is 2.80. The highest BCUT2D eigenvalue weighted by Crippen LogP contribution is 2.27. The van der Waals surface area contributed by atoms with Crippen LogP contribution in [-0.2, 0) is 9.53 Å². The van der Waals surface area contributed by atoms with Crippen LogP contribution in [0, 0.1) is 5.92 Å². The van der Waals surface area contributed by atoms with Crippen LogP contribution < -0.4 is 0 Å². The Morgan fingerprint density at radius 1 is 1.38 bits per heavy atom. The van der Waals surface area contributed by atoms with Gasteiger partial charge < -0.3 is 4.74 Å². The van der Waals surface area contributed by atoms with Crippen LogP contribution in [0.2, 0.25) is 0 Å². The number of ketones is 1. The first-order valence-electron chi connectivity index (χ1n) is 4.80. The van der Waals surface area contributed by atoms with Crippen molar-refractivity contribution in [3.05, 3.63) is 0 Å². The first-order chi connectivity index (χ1) is 6.13. The molecular weight excluding hydrogens is 171 g/mol. The maximum absolute atomic E-state index is 13.1. The van der Waals surface area contributed by atoms with Crippen molar-refractivity contribution >= 4 is 5.78 Å². The fourth-order valence-electron chi connectivity index (χ4n) is 1.88. The Kier molecular flexibility index (Phi) is 3.85. The van der Waals surface area contributed by atoms with E-state index in [2.05, 4.69) is 0 Å². The summed E-state index contributed by atoms with van der Waals surface area (Å²) in [5, 5.41) is 0. The minimum atomic E-state index is -0.797. The molecule has 0 saturated heterocycles. The van der Waals surface area contributed by atoms with E-state index in [0.717, 1.165) is 0 Å². The lowest BCUT2D eigenvalue weighted by Gasteiger charge is -2.16. The van der Waals surface area contributed by atoms with Crippen molar-refractivity contribution in [1.29, 1.82) is 0 Å². The highest BCUT2D eigenvalue weighted by atomic mass is 19.1. The van der Waals surface area contributed by atoms with Gasteiger partial charge in [-0.3, -0.25) is 4.79 Å². The van der Waals surface area contributed by atoms with E-state index in [1.54, 1.807) is 14.0 Å². The van der Waals surface area contributed by atoms with Gasteiger partial charge in [0, 0.05) is 19.4 Å². The Morgan fingerprint density at radius 2 is 2.08 bits per heavy atom. The molecule has 1 saturated carbocycles. The van der Waals surface area contributed by atoms with Crippen LogP contribution in [0.4, 0.5) is 4.39 Å². The summed E-state index contributed by atoms with van der Waals surface area (Å²) in [6.07, 6.45) is 1.44. The average Bonchev–Trinajstić information content (AvgIpc) is 2.26. The normalized spacial score (nSPS) is 35.5. The van der Waals surface area contributed by atoms with Crippen molar-refractivity contribution < 1.29 is 13.9 Å². The zero-order valence-electron chi connectivity index (χ0n) is 8.25. The van der Waals surface area contributed by atoms with E-state index in [1.807, 2.05) is 0 Å². The molecule has 3 heteroatoms. The molecule has 0 aliphatic heterocycles. The lowest BCUT2D eigenvalue weighted by molar-refractivity contribution is -0.121. The molecule has 1 aliphatic carbocycles. The third kappa shape index (κ3) is 3.07. The van der Waals surface area contributed by atoms with E-state index < -0.39 is 6.17 Å². The van der Waals surface area contributed by atoms with Crippen molar-refractivity contribution in [1.82, 2.24) is 0 Å². The van der Waals surface area contributed by atoms with Gasteiger partial charge in [-0.1, -0.05) is 0 Å². The van der Waals surface area contributed by atoms with Crippen molar-refractivity contribution in [2.45, 2.75) is 44.9 Å². The number of hydrogen-bond acceptors (Lipinski definition) is 2. The Labute approximate surface area is 78.5 Å². The van der Waals surface area contributed by atoms with Crippen LogP contribution in [-0.4, -0.2) is 25.2 Å². The maximum Gasteiger partial charge on any atom is 0.133 e. The fourth-order valence-corrected chi connectivity index (χ4v) is 1.88. The lowest BCUT2D eigenvalue weighted by atomic mass is 9.95. The predicted molar refractivity (Wildman–Crippen MR) is 48.3 cm³/mol. The SMILES string of the molecule is COC1CC(F)CCC(C(C)=O)C1. The number of rotatable bonds is 2. The summed E-state index contributed by atoms with van der Waals surface area (Å²) in [6, 6.07) is 0. The number of methoxy groups -OCH3 is 1. The van der Waals surface area contributed by atoms with Crippen LogP contribution >= 0.6 is 0 Å². The summed E-state index contributed by atoms with van der Waals surface area (Å²) < 4.78 is 18.3. The lowest BCUT2D eigenvalue weighted by Crippen LogP contribution is -2.19. The van der Waals surface area contributed by atoms with E-state index in [9.17, 15) is 9.18 Å². The maximum atomic E-state index is 13.1. The molecule has 0 aromatic carbocycles. The zero-order chi connectivity index (χ0) is 9.84. The molecule has 0 spiro atoms. The number of hydrogen-bond donors (Lipinski definition) is 0. The molecule has 3 atom stereocenters. The number of carbonyl (C=O) groups excluding carboxylic acids is 1. The van der Waals surface area contributed by atoms with E-state index in [0.29, 0.717) is 25.7 Å². The number of ether oxygens (including phenoxy) is 1. The summed E-state index contributed by atoms with van der Waals surface area (Å²) >= 11 is 0. The quantitative estimate of drug-likeness (QED) is 0.620. The fraction of sp³-hybridized carbons (Fsp3) is 0.900. The molecule has 2 nitrogen and oxygen atoms in total. The Balaban J connectivity index is 2.56. The minimum Gasteiger partial charge on any atom is -0.381 e. The van der Waals surface area contributed by atoms with E-state index >= 15 is 0 Å². The number of carbonyl (C=O) groups is 1. The molecule has 0 amide bonds. The van der Waals surface area contributed by atoms with E-state index in [-0.39, 0.29) is 17.8 Å². The predicted octanol–water partition coefficient (Wildman–Crippen LogP) is 2.12. The van der Waals surface area contributed by atoms with Crippen molar-refractivity contribution in [2.75, 3.05) is 7.11 Å². The second-order valence-electron chi connectivity index (χ2n) is 3.81. The topological polar surface area (TPSA) is 26.3 Å². The standard InChI is InChI=1S/C10H17FO2/c1-7(12)8-3-4-9(11)6-10(5-8)13-2/h8-10H,3-6H2,1-2H3. The molecule has 1 rings (SSSR count). The Hall–Kier alpha value is -0.440. The number of halogens is 1. The van der Waals surface area contributed by atoms with Gasteiger partial charge in [-0.05, 0) is 26.2 Å². The second-order valence-corrected chi connectivity index (χ2v) is 3.81. The van der Waals surface area contributed by atoms with Gasteiger partial charge in [0.2, 0.25) is 0 Å². The number of alkyl halides is 1. The van der Waals surface area contributed by atoms with E-state index in [1.165, 1.54) is 0 Å². The molecule has 0 heterocycles. The monoisotopic (exact) mass is 188 g/mol. The molecule has 13 heavy (non-hydrogen) atoms. The van der Waals surface area contributed by atoms with Gasteiger partial charge in [0.1, 0.15) is 12.0 Å². The van der Waals surface area contributed by atoms with Gasteiger partial charge >= 0.3 is 0 Å². The molecule has 0 radical (unpaired) electrons. The molecule has 0 N–H and O–H groups in total. The zero-order valence-corrected chi connectivity index (χ0v) is 8.25. The van der Waals surface area contributed by atoms with Gasteiger partial charge in [-0.25, -0.2) is 4.39 Å². The molecular formula is C10H17FO2. The average molecular weight is 188 g/mol. The van der Waals surface area contributed by atoms with Crippen LogP contribution in [0.15, 0.2) is 0 Å². The van der Waals surface area contributed by atoms with Crippen LogP contribution in [0.1, 0.15) is 32.6 Å². The molecule has 0 bridgehead atoms. The largest absolute Gasteiger partial charge is 0.381 e. The van der Waals surface area contributed by atoms with Crippen LogP contribution in [0.25, 0.3) is 0 Å². The van der Waals surface area contributed by atoms with Crippen molar-refractivity contribution in [2.24, 2.45) is 5.92 Å². The van der Waals surface area contributed by atoms with Crippen LogP contribution in [0.3, 0.4) is 0 Å². The molecule has 76 valence electrons. The molecule has 1 aliphatic rings. The van der Waals surface area contributed by atoms with Gasteiger partial charge in [-0.15, -0.1) is 0 Å². The Morgan fingerprint density at radius 3 is 2.62 bits per heavy atom. The molecule has 0 aromatic heterocycles. The summed E-state index contributed by atoms with van der Waals surface area (Å²) in [5.74, 6) is 0.168. The molecule has 1 fully saturated rings. The highest BCUT2D eigenvalue weighted by molar-refractivity contribution is 5.78. The molecule has 0 aromatic rings. The third-order valence-electron chi connectivity index (χ3n) is 2.80. The van der Waals surface area contributed by atoms with Gasteiger partial charge in [0.05, 0.1) is 6.10 Å².